The molecule has 0 spiro atoms. The predicted molar refractivity (Wildman–Crippen MR) is 107 cm³/mol. The van der Waals surface area contributed by atoms with E-state index in [4.69, 9.17) is 4.74 Å². The lowest BCUT2D eigenvalue weighted by molar-refractivity contribution is 0.102. The van der Waals surface area contributed by atoms with Gasteiger partial charge < -0.3 is 15.0 Å². The summed E-state index contributed by atoms with van der Waals surface area (Å²) in [5.74, 6) is -0.119. The summed E-state index contributed by atoms with van der Waals surface area (Å²) in [6, 6.07) is 19.4. The lowest BCUT2D eigenvalue weighted by Crippen LogP contribution is -2.36. The molecular formula is C22H21N3O2. The molecule has 1 fully saturated rings. The number of hydrogen-bond acceptors (Lipinski definition) is 4. The maximum Gasteiger partial charge on any atom is 0.255 e. The van der Waals surface area contributed by atoms with Crippen molar-refractivity contribution in [3.63, 3.8) is 0 Å². The largest absolute Gasteiger partial charge is 0.378 e. The third-order valence-electron chi connectivity index (χ3n) is 4.64. The zero-order valence-corrected chi connectivity index (χ0v) is 15.0. The molecule has 1 aliphatic rings. The van der Waals surface area contributed by atoms with Gasteiger partial charge in [0.05, 0.1) is 13.2 Å². The van der Waals surface area contributed by atoms with Gasteiger partial charge in [0.25, 0.3) is 5.91 Å². The highest BCUT2D eigenvalue weighted by Crippen LogP contribution is 2.21. The van der Waals surface area contributed by atoms with Gasteiger partial charge in [0.15, 0.2) is 0 Å². The van der Waals surface area contributed by atoms with Crippen LogP contribution in [0.15, 0.2) is 73.1 Å². The molecule has 3 aromatic rings. The van der Waals surface area contributed by atoms with Crippen molar-refractivity contribution >= 4 is 17.3 Å². The summed E-state index contributed by atoms with van der Waals surface area (Å²) < 4.78 is 5.38. The van der Waals surface area contributed by atoms with Crippen molar-refractivity contribution in [3.8, 4) is 11.1 Å². The van der Waals surface area contributed by atoms with E-state index in [0.29, 0.717) is 5.56 Å². The van der Waals surface area contributed by atoms with Gasteiger partial charge in [-0.2, -0.15) is 0 Å². The lowest BCUT2D eigenvalue weighted by Gasteiger charge is -2.28. The molecule has 0 unspecified atom stereocenters. The molecule has 2 aromatic carbocycles. The zero-order valence-electron chi connectivity index (χ0n) is 15.0. The number of hydrogen-bond donors (Lipinski definition) is 1. The first-order valence-corrected chi connectivity index (χ1v) is 9.04. The highest BCUT2D eigenvalue weighted by Gasteiger charge is 2.11. The molecule has 2 heterocycles. The second kappa shape index (κ2) is 8.01. The Bertz CT molecular complexity index is 887. The van der Waals surface area contributed by atoms with E-state index >= 15 is 0 Å². The van der Waals surface area contributed by atoms with Crippen molar-refractivity contribution in [2.75, 3.05) is 36.5 Å². The van der Waals surface area contributed by atoms with Gasteiger partial charge in [-0.15, -0.1) is 0 Å². The van der Waals surface area contributed by atoms with Crippen LogP contribution in [0.4, 0.5) is 11.4 Å². The molecule has 1 saturated heterocycles. The number of nitrogens with one attached hydrogen (secondary N) is 1. The van der Waals surface area contributed by atoms with E-state index in [1.54, 1.807) is 6.20 Å². The fraction of sp³-hybridized carbons (Fsp3) is 0.182. The summed E-state index contributed by atoms with van der Waals surface area (Å²) in [6.45, 7) is 3.31. The monoisotopic (exact) mass is 359 g/mol. The van der Waals surface area contributed by atoms with Crippen molar-refractivity contribution in [3.05, 3.63) is 78.6 Å². The Morgan fingerprint density at radius 1 is 0.926 bits per heavy atom. The van der Waals surface area contributed by atoms with Gasteiger partial charge in [0, 0.05) is 42.4 Å². The normalized spacial score (nSPS) is 14.0. The average molecular weight is 359 g/mol. The smallest absolute Gasteiger partial charge is 0.255 e. The van der Waals surface area contributed by atoms with Gasteiger partial charge in [0.1, 0.15) is 0 Å². The maximum atomic E-state index is 12.5. The number of aromatic nitrogens is 1. The molecule has 1 amide bonds. The number of amides is 1. The van der Waals surface area contributed by atoms with Gasteiger partial charge in [-0.1, -0.05) is 18.2 Å². The minimum atomic E-state index is -0.119. The minimum absolute atomic E-state index is 0.119. The standard InChI is InChI=1S/C22H21N3O2/c26-22(18-5-3-17(4-6-18)19-2-1-11-23-16-19)24-20-7-9-21(10-8-20)25-12-14-27-15-13-25/h1-11,16H,12-15H2,(H,24,26). The van der Waals surface area contributed by atoms with Crippen LogP contribution in [-0.2, 0) is 4.74 Å². The Morgan fingerprint density at radius 3 is 2.33 bits per heavy atom. The third-order valence-corrected chi connectivity index (χ3v) is 4.64. The van der Waals surface area contributed by atoms with Gasteiger partial charge in [-0.25, -0.2) is 0 Å². The van der Waals surface area contributed by atoms with E-state index in [2.05, 4.69) is 15.2 Å². The second-order valence-electron chi connectivity index (χ2n) is 6.42. The Kier molecular flexibility index (Phi) is 5.12. The molecule has 5 heteroatoms. The number of carbonyl (C=O) groups is 1. The number of pyridine rings is 1. The van der Waals surface area contributed by atoms with Crippen molar-refractivity contribution in [2.24, 2.45) is 0 Å². The van der Waals surface area contributed by atoms with Crippen LogP contribution in [0.25, 0.3) is 11.1 Å². The van der Waals surface area contributed by atoms with E-state index < -0.39 is 0 Å². The Morgan fingerprint density at radius 2 is 1.67 bits per heavy atom. The molecule has 0 radical (unpaired) electrons. The zero-order chi connectivity index (χ0) is 18.5. The second-order valence-corrected chi connectivity index (χ2v) is 6.42. The predicted octanol–water partition coefficient (Wildman–Crippen LogP) is 3.84. The molecule has 0 aliphatic carbocycles. The van der Waals surface area contributed by atoms with Crippen LogP contribution >= 0.6 is 0 Å². The van der Waals surface area contributed by atoms with Crippen LogP contribution in [0, 0.1) is 0 Å². The van der Waals surface area contributed by atoms with Gasteiger partial charge in [0.2, 0.25) is 0 Å². The molecular weight excluding hydrogens is 338 g/mol. The Balaban J connectivity index is 1.41. The molecule has 1 N–H and O–H groups in total. The minimum Gasteiger partial charge on any atom is -0.378 e. The van der Waals surface area contributed by atoms with Crippen molar-refractivity contribution in [2.45, 2.75) is 0 Å². The summed E-state index contributed by atoms with van der Waals surface area (Å²) in [5, 5.41) is 2.95. The third kappa shape index (κ3) is 4.15. The van der Waals surface area contributed by atoms with Crippen LogP contribution < -0.4 is 10.2 Å². The first-order valence-electron chi connectivity index (χ1n) is 9.04. The molecule has 27 heavy (non-hydrogen) atoms. The summed E-state index contributed by atoms with van der Waals surface area (Å²) in [7, 11) is 0. The van der Waals surface area contributed by atoms with Crippen LogP contribution in [0.3, 0.4) is 0 Å². The molecule has 1 aromatic heterocycles. The fourth-order valence-corrected chi connectivity index (χ4v) is 3.13. The van der Waals surface area contributed by atoms with Crippen molar-refractivity contribution in [1.82, 2.24) is 4.98 Å². The fourth-order valence-electron chi connectivity index (χ4n) is 3.13. The first-order chi connectivity index (χ1) is 13.3. The van der Waals surface area contributed by atoms with E-state index in [9.17, 15) is 4.79 Å². The molecule has 5 nitrogen and oxygen atoms in total. The maximum absolute atomic E-state index is 12.5. The Labute approximate surface area is 158 Å². The highest BCUT2D eigenvalue weighted by molar-refractivity contribution is 6.04. The average Bonchev–Trinajstić information content (AvgIpc) is 2.76. The Hall–Kier alpha value is -3.18. The molecule has 4 rings (SSSR count). The molecule has 0 bridgehead atoms. The molecule has 136 valence electrons. The van der Waals surface area contributed by atoms with Gasteiger partial charge in [-0.05, 0) is 53.6 Å². The quantitative estimate of drug-likeness (QED) is 0.769. The van der Waals surface area contributed by atoms with Crippen LogP contribution in [0.2, 0.25) is 0 Å². The number of rotatable bonds is 4. The molecule has 0 saturated carbocycles. The molecule has 1 aliphatic heterocycles. The van der Waals surface area contributed by atoms with Crippen LogP contribution in [0.1, 0.15) is 10.4 Å². The summed E-state index contributed by atoms with van der Waals surface area (Å²) >= 11 is 0. The summed E-state index contributed by atoms with van der Waals surface area (Å²) in [4.78, 5) is 18.9. The van der Waals surface area contributed by atoms with Gasteiger partial charge in [-0.3, -0.25) is 9.78 Å². The summed E-state index contributed by atoms with van der Waals surface area (Å²) in [5.41, 5.74) is 4.63. The van der Waals surface area contributed by atoms with Crippen molar-refractivity contribution < 1.29 is 9.53 Å². The summed E-state index contributed by atoms with van der Waals surface area (Å²) in [6.07, 6.45) is 3.56. The number of nitrogens with zero attached hydrogens (tertiary/aromatic N) is 2. The van der Waals surface area contributed by atoms with Crippen molar-refractivity contribution in [1.29, 1.82) is 0 Å². The number of anilines is 2. The van der Waals surface area contributed by atoms with E-state index in [1.807, 2.05) is 66.9 Å². The van der Waals surface area contributed by atoms with E-state index in [-0.39, 0.29) is 5.91 Å². The number of morpholine rings is 1. The highest BCUT2D eigenvalue weighted by atomic mass is 16.5. The number of carbonyl (C=O) groups excluding carboxylic acids is 1. The first kappa shape index (κ1) is 17.2. The lowest BCUT2D eigenvalue weighted by atomic mass is 10.1. The number of ether oxygens (including phenoxy) is 1. The topological polar surface area (TPSA) is 54.5 Å². The van der Waals surface area contributed by atoms with E-state index in [1.165, 1.54) is 0 Å². The van der Waals surface area contributed by atoms with Crippen LogP contribution in [0.5, 0.6) is 0 Å². The van der Waals surface area contributed by atoms with Crippen LogP contribution in [-0.4, -0.2) is 37.2 Å². The van der Waals surface area contributed by atoms with E-state index in [0.717, 1.165) is 48.8 Å². The van der Waals surface area contributed by atoms with Gasteiger partial charge >= 0.3 is 0 Å². The SMILES string of the molecule is O=C(Nc1ccc(N2CCOCC2)cc1)c1ccc(-c2cccnc2)cc1. The number of benzene rings is 2. The molecule has 0 atom stereocenters.